The zero-order valence-electron chi connectivity index (χ0n) is 23.5. The van der Waals surface area contributed by atoms with Crippen molar-refractivity contribution in [1.82, 2.24) is 0 Å². The summed E-state index contributed by atoms with van der Waals surface area (Å²) < 4.78 is 52.8. The summed E-state index contributed by atoms with van der Waals surface area (Å²) >= 11 is 0. The largest absolute Gasteiger partial charge is 0.453 e. The second-order valence-electron chi connectivity index (χ2n) is 10.4. The highest BCUT2D eigenvalue weighted by Gasteiger charge is 2.58. The van der Waals surface area contributed by atoms with Crippen LogP contribution < -0.4 is 19.3 Å². The van der Waals surface area contributed by atoms with E-state index >= 15 is 0 Å². The molecule has 41 heavy (non-hydrogen) atoms. The maximum Gasteiger partial charge on any atom is 0.309 e. The molecular formula is C33H34N2O5S. The van der Waals surface area contributed by atoms with Crippen LogP contribution in [0.3, 0.4) is 0 Å². The molecule has 0 fully saturated rings. The molecule has 1 N–H and O–H groups in total. The molecule has 0 saturated heterocycles. The summed E-state index contributed by atoms with van der Waals surface area (Å²) in [5.74, 6) is 2.17. The molecule has 2 heterocycles. The number of anilines is 4. The van der Waals surface area contributed by atoms with Crippen LogP contribution in [-0.2, 0) is 23.0 Å². The van der Waals surface area contributed by atoms with Gasteiger partial charge in [0.25, 0.3) is 4.99 Å². The standard InChI is InChI=1S/C33H34N2O5S/c1-4-13-23-15-12-22-30-31(23)35(27-19-11-16-24(14-5-2)32(27)40-30)33(6-3,41(36,37)38)34-25-17-7-9-20-28(25)39-29-21-10-8-18-26(29)34/h7-12,15-22H,4-6,13-14H2,1-3H3,(H,36,37,38). The van der Waals surface area contributed by atoms with Crippen molar-refractivity contribution in [3.63, 3.8) is 0 Å². The van der Waals surface area contributed by atoms with Crippen LogP contribution in [0.25, 0.3) is 0 Å². The third-order valence-corrected chi connectivity index (χ3v) is 9.36. The Morgan fingerprint density at radius 2 is 1.20 bits per heavy atom. The number of hydrogen-bond donors (Lipinski definition) is 1. The van der Waals surface area contributed by atoms with Crippen LogP contribution in [0.1, 0.15) is 51.2 Å². The Bertz CT molecular complexity index is 1680. The van der Waals surface area contributed by atoms with Crippen LogP contribution in [0.15, 0.2) is 84.9 Å². The number of para-hydroxylation sites is 6. The van der Waals surface area contributed by atoms with Crippen molar-refractivity contribution in [2.75, 3.05) is 9.80 Å². The van der Waals surface area contributed by atoms with Gasteiger partial charge in [0.15, 0.2) is 23.0 Å². The van der Waals surface area contributed by atoms with Crippen LogP contribution >= 0.6 is 0 Å². The lowest BCUT2D eigenvalue weighted by Gasteiger charge is -2.52. The van der Waals surface area contributed by atoms with E-state index in [-0.39, 0.29) is 6.42 Å². The highest BCUT2D eigenvalue weighted by Crippen LogP contribution is 2.59. The van der Waals surface area contributed by atoms with Crippen LogP contribution in [0.4, 0.5) is 22.7 Å². The molecule has 1 unspecified atom stereocenters. The lowest BCUT2D eigenvalue weighted by molar-refractivity contribution is 0.393. The van der Waals surface area contributed by atoms with E-state index in [1.165, 1.54) is 0 Å². The molecule has 0 aliphatic carbocycles. The molecule has 2 aliphatic rings. The fraction of sp³-hybridized carbons (Fsp3) is 0.273. The van der Waals surface area contributed by atoms with Crippen molar-refractivity contribution in [2.45, 2.75) is 57.9 Å². The zero-order chi connectivity index (χ0) is 28.8. The van der Waals surface area contributed by atoms with E-state index in [2.05, 4.69) is 13.8 Å². The molecule has 6 rings (SSSR count). The number of hydrogen-bond acceptors (Lipinski definition) is 6. The SMILES string of the molecule is CCCc1cccc2c1Oc1cccc(CCC)c1N2C(CC)(N1c2ccccc2Oc2ccccc21)S(=O)(=O)O. The van der Waals surface area contributed by atoms with Gasteiger partial charge in [-0.05, 0) is 60.4 Å². The Morgan fingerprint density at radius 3 is 1.80 bits per heavy atom. The molecule has 0 aromatic heterocycles. The Hall–Kier alpha value is -4.01. The minimum absolute atomic E-state index is 0.0197. The molecule has 1 atom stereocenters. The van der Waals surface area contributed by atoms with Crippen molar-refractivity contribution in [3.05, 3.63) is 96.1 Å². The third kappa shape index (κ3) is 4.16. The van der Waals surface area contributed by atoms with Gasteiger partial charge in [-0.1, -0.05) is 82.1 Å². The predicted molar refractivity (Wildman–Crippen MR) is 163 cm³/mol. The topological polar surface area (TPSA) is 79.3 Å². The van der Waals surface area contributed by atoms with Gasteiger partial charge in [-0.15, -0.1) is 0 Å². The summed E-state index contributed by atoms with van der Waals surface area (Å²) in [7, 11) is -4.86. The quantitative estimate of drug-likeness (QED) is 0.212. The normalized spacial score (nSPS) is 15.0. The fourth-order valence-electron chi connectivity index (χ4n) is 6.21. The predicted octanol–water partition coefficient (Wildman–Crippen LogP) is 8.73. The zero-order valence-corrected chi connectivity index (χ0v) is 24.3. The van der Waals surface area contributed by atoms with Gasteiger partial charge in [0, 0.05) is 6.42 Å². The summed E-state index contributed by atoms with van der Waals surface area (Å²) in [5.41, 5.74) is 4.22. The molecular weight excluding hydrogens is 536 g/mol. The van der Waals surface area contributed by atoms with Gasteiger partial charge >= 0.3 is 10.1 Å². The molecule has 7 nitrogen and oxygen atoms in total. The maximum absolute atomic E-state index is 14.2. The van der Waals surface area contributed by atoms with Gasteiger partial charge in [0.05, 0.1) is 22.7 Å². The van der Waals surface area contributed by atoms with E-state index < -0.39 is 15.1 Å². The van der Waals surface area contributed by atoms with Crippen LogP contribution in [0.5, 0.6) is 23.0 Å². The van der Waals surface area contributed by atoms with Crippen LogP contribution in [0.2, 0.25) is 0 Å². The molecule has 2 aliphatic heterocycles. The molecule has 0 saturated carbocycles. The Balaban J connectivity index is 1.76. The number of benzene rings is 4. The molecule has 212 valence electrons. The summed E-state index contributed by atoms with van der Waals surface area (Å²) in [6.45, 7) is 5.98. The van der Waals surface area contributed by atoms with E-state index in [0.717, 1.165) is 30.4 Å². The van der Waals surface area contributed by atoms with Crippen LogP contribution in [-0.4, -0.2) is 18.0 Å². The number of aryl methyl sites for hydroxylation is 2. The van der Waals surface area contributed by atoms with Crippen LogP contribution in [0, 0.1) is 0 Å². The average molecular weight is 571 g/mol. The third-order valence-electron chi connectivity index (χ3n) is 7.88. The van der Waals surface area contributed by atoms with Gasteiger partial charge in [-0.2, -0.15) is 8.42 Å². The lowest BCUT2D eigenvalue weighted by Crippen LogP contribution is -2.63. The van der Waals surface area contributed by atoms with Crippen molar-refractivity contribution in [2.24, 2.45) is 0 Å². The van der Waals surface area contributed by atoms with E-state index in [4.69, 9.17) is 9.47 Å². The number of ether oxygens (including phenoxy) is 2. The van der Waals surface area contributed by atoms with Gasteiger partial charge in [-0.3, -0.25) is 14.4 Å². The molecule has 0 spiro atoms. The van der Waals surface area contributed by atoms with Crippen molar-refractivity contribution in [3.8, 4) is 23.0 Å². The smallest absolute Gasteiger partial charge is 0.309 e. The van der Waals surface area contributed by atoms with Gasteiger partial charge < -0.3 is 9.47 Å². The Labute approximate surface area is 241 Å². The van der Waals surface area contributed by atoms with Gasteiger partial charge in [0.1, 0.15) is 0 Å². The second kappa shape index (κ2) is 10.4. The first kappa shape index (κ1) is 27.2. The van der Waals surface area contributed by atoms with E-state index in [0.29, 0.717) is 52.2 Å². The fourth-order valence-corrected chi connectivity index (χ4v) is 7.42. The summed E-state index contributed by atoms with van der Waals surface area (Å²) in [6, 6.07) is 26.3. The first-order valence-corrected chi connectivity index (χ1v) is 15.6. The Morgan fingerprint density at radius 1 is 0.659 bits per heavy atom. The molecule has 0 amide bonds. The second-order valence-corrected chi connectivity index (χ2v) is 12.0. The molecule has 4 aromatic rings. The van der Waals surface area contributed by atoms with E-state index in [9.17, 15) is 13.0 Å². The monoisotopic (exact) mass is 570 g/mol. The highest BCUT2D eigenvalue weighted by atomic mass is 32.2. The van der Waals surface area contributed by atoms with E-state index in [1.807, 2.05) is 84.9 Å². The summed E-state index contributed by atoms with van der Waals surface area (Å²) in [4.78, 5) is 1.54. The molecule has 0 bridgehead atoms. The molecule has 4 aromatic carbocycles. The first-order valence-electron chi connectivity index (χ1n) is 14.2. The molecule has 0 radical (unpaired) electrons. The number of nitrogens with zero attached hydrogens (tertiary/aromatic N) is 2. The maximum atomic E-state index is 14.2. The van der Waals surface area contributed by atoms with Gasteiger partial charge in [-0.25, -0.2) is 0 Å². The minimum atomic E-state index is -4.86. The van der Waals surface area contributed by atoms with Crippen molar-refractivity contribution >= 4 is 32.9 Å². The summed E-state index contributed by atoms with van der Waals surface area (Å²) in [6.07, 6.45) is 3.22. The minimum Gasteiger partial charge on any atom is -0.453 e. The van der Waals surface area contributed by atoms with E-state index in [1.54, 1.807) is 16.7 Å². The summed E-state index contributed by atoms with van der Waals surface area (Å²) in [5, 5.41) is 0. The van der Waals surface area contributed by atoms with Crippen molar-refractivity contribution < 1.29 is 22.4 Å². The van der Waals surface area contributed by atoms with Crippen molar-refractivity contribution in [1.29, 1.82) is 0 Å². The molecule has 8 heteroatoms. The first-order chi connectivity index (χ1) is 19.9. The highest BCUT2D eigenvalue weighted by molar-refractivity contribution is 7.87. The van der Waals surface area contributed by atoms with Gasteiger partial charge in [0.2, 0.25) is 0 Å². The number of fused-ring (bicyclic) bond motifs is 4. The number of rotatable bonds is 8. The average Bonchev–Trinajstić information content (AvgIpc) is 2.97. The lowest BCUT2D eigenvalue weighted by atomic mass is 9.99. The Kier molecular flexibility index (Phi) is 6.91.